The van der Waals surface area contributed by atoms with Gasteiger partial charge in [-0.3, -0.25) is 9.59 Å². The summed E-state index contributed by atoms with van der Waals surface area (Å²) in [5.41, 5.74) is 0.462. The second kappa shape index (κ2) is 8.25. The quantitative estimate of drug-likeness (QED) is 0.382. The highest BCUT2D eigenvalue weighted by Crippen LogP contribution is 2.25. The Kier molecular flexibility index (Phi) is 6.08. The number of benzene rings is 1. The van der Waals surface area contributed by atoms with E-state index in [4.69, 9.17) is 14.2 Å². The summed E-state index contributed by atoms with van der Waals surface area (Å²) in [7, 11) is 0. The number of carbonyl (C=O) groups is 3. The van der Waals surface area contributed by atoms with Crippen molar-refractivity contribution in [3.8, 4) is 0 Å². The van der Waals surface area contributed by atoms with Crippen LogP contribution in [-0.4, -0.2) is 41.3 Å². The highest BCUT2D eigenvalue weighted by Gasteiger charge is 2.35. The summed E-state index contributed by atoms with van der Waals surface area (Å²) < 4.78 is 15.3. The lowest BCUT2D eigenvalue weighted by atomic mass is 9.93. The highest BCUT2D eigenvalue weighted by atomic mass is 16.6. The third kappa shape index (κ3) is 5.02. The van der Waals surface area contributed by atoms with Crippen molar-refractivity contribution < 1.29 is 33.7 Å². The van der Waals surface area contributed by atoms with Gasteiger partial charge in [-0.25, -0.2) is 4.79 Å². The predicted molar refractivity (Wildman–Crippen MR) is 86.2 cm³/mol. The number of aliphatic hydroxyl groups excluding tert-OH is 1. The summed E-state index contributed by atoms with van der Waals surface area (Å²) in [6, 6.07) is 8.26. The molecule has 0 saturated carbocycles. The molecule has 1 aliphatic rings. The lowest BCUT2D eigenvalue weighted by molar-refractivity contribution is -0.151. The third-order valence-corrected chi connectivity index (χ3v) is 3.35. The van der Waals surface area contributed by atoms with E-state index >= 15 is 0 Å². The molecule has 0 fully saturated rings. The first-order chi connectivity index (χ1) is 11.9. The Hall–Kier alpha value is -2.93. The Labute approximate surface area is 144 Å². The van der Waals surface area contributed by atoms with Gasteiger partial charge in [0.05, 0.1) is 11.1 Å². The van der Waals surface area contributed by atoms with Gasteiger partial charge >= 0.3 is 17.9 Å². The molecule has 25 heavy (non-hydrogen) atoms. The Morgan fingerprint density at radius 3 is 2.24 bits per heavy atom. The predicted octanol–water partition coefficient (Wildman–Crippen LogP) is 1.52. The first-order valence-electron chi connectivity index (χ1n) is 7.55. The standard InChI is InChI=1S/C18H18O7/c1-11(19)24-16-9-8-15(21)17(25-12(2)20)14(16)10-23-18(22)13-6-4-3-5-7-13/h3-10,15-17,21H,1-2H3/b14-10+/t15-,16+,17-/m0/s1. The van der Waals surface area contributed by atoms with Gasteiger partial charge in [-0.05, 0) is 18.2 Å². The van der Waals surface area contributed by atoms with E-state index in [0.717, 1.165) is 6.26 Å². The molecule has 0 spiro atoms. The van der Waals surface area contributed by atoms with Crippen molar-refractivity contribution in [1.29, 1.82) is 0 Å². The minimum absolute atomic E-state index is 0.143. The van der Waals surface area contributed by atoms with Gasteiger partial charge in [-0.2, -0.15) is 0 Å². The van der Waals surface area contributed by atoms with Gasteiger partial charge in [0.2, 0.25) is 0 Å². The number of aliphatic hydroxyl groups is 1. The highest BCUT2D eigenvalue weighted by molar-refractivity contribution is 5.89. The molecule has 7 nitrogen and oxygen atoms in total. The van der Waals surface area contributed by atoms with E-state index in [1.54, 1.807) is 30.3 Å². The third-order valence-electron chi connectivity index (χ3n) is 3.35. The van der Waals surface area contributed by atoms with E-state index in [1.165, 1.54) is 26.0 Å². The van der Waals surface area contributed by atoms with Crippen molar-refractivity contribution in [2.45, 2.75) is 32.2 Å². The van der Waals surface area contributed by atoms with Gasteiger partial charge in [0.15, 0.2) is 6.10 Å². The fraction of sp³-hybridized carbons (Fsp3) is 0.278. The van der Waals surface area contributed by atoms with Crippen LogP contribution in [0, 0.1) is 0 Å². The smallest absolute Gasteiger partial charge is 0.342 e. The number of esters is 3. The molecule has 3 atom stereocenters. The molecule has 0 aromatic heterocycles. The Balaban J connectivity index is 2.27. The van der Waals surface area contributed by atoms with Gasteiger partial charge in [0.25, 0.3) is 0 Å². The van der Waals surface area contributed by atoms with E-state index in [2.05, 4.69) is 0 Å². The van der Waals surface area contributed by atoms with Crippen molar-refractivity contribution >= 4 is 17.9 Å². The molecular formula is C18H18O7. The molecule has 0 radical (unpaired) electrons. The van der Waals surface area contributed by atoms with E-state index in [9.17, 15) is 19.5 Å². The van der Waals surface area contributed by atoms with Crippen LogP contribution < -0.4 is 0 Å². The lowest BCUT2D eigenvalue weighted by Crippen LogP contribution is -2.40. The molecule has 0 amide bonds. The first kappa shape index (κ1) is 18.4. The number of carbonyl (C=O) groups excluding carboxylic acids is 3. The minimum Gasteiger partial charge on any atom is -0.455 e. The van der Waals surface area contributed by atoms with Gasteiger partial charge < -0.3 is 19.3 Å². The van der Waals surface area contributed by atoms with Crippen molar-refractivity contribution in [1.82, 2.24) is 0 Å². The summed E-state index contributed by atoms with van der Waals surface area (Å²) in [6.07, 6.45) is 0.608. The Morgan fingerprint density at radius 1 is 1.00 bits per heavy atom. The zero-order chi connectivity index (χ0) is 18.4. The first-order valence-corrected chi connectivity index (χ1v) is 7.55. The fourth-order valence-electron chi connectivity index (χ4n) is 2.29. The van der Waals surface area contributed by atoms with E-state index in [1.807, 2.05) is 0 Å². The van der Waals surface area contributed by atoms with Crippen LogP contribution in [0.1, 0.15) is 24.2 Å². The molecule has 0 bridgehead atoms. The summed E-state index contributed by atoms with van der Waals surface area (Å²) in [5, 5.41) is 10.0. The van der Waals surface area contributed by atoms with Crippen molar-refractivity contribution in [2.24, 2.45) is 0 Å². The van der Waals surface area contributed by atoms with Crippen LogP contribution in [-0.2, 0) is 23.8 Å². The molecular weight excluding hydrogens is 328 g/mol. The normalized spacial score (nSPS) is 23.8. The van der Waals surface area contributed by atoms with Crippen LogP contribution in [0.15, 0.2) is 54.3 Å². The monoisotopic (exact) mass is 346 g/mol. The maximum absolute atomic E-state index is 12.1. The molecule has 7 heteroatoms. The SMILES string of the molecule is CC(=O)O[C@@H]1C=C[C@H](O)[C@@H](OC(C)=O)/C1=C/OC(=O)c1ccccc1. The molecule has 1 aromatic carbocycles. The van der Waals surface area contributed by atoms with Gasteiger partial charge in [0.1, 0.15) is 18.5 Å². The average Bonchev–Trinajstić information content (AvgIpc) is 2.57. The van der Waals surface area contributed by atoms with Crippen molar-refractivity contribution in [3.05, 3.63) is 59.9 Å². The summed E-state index contributed by atoms with van der Waals surface area (Å²) >= 11 is 0. The number of rotatable bonds is 4. The van der Waals surface area contributed by atoms with Gasteiger partial charge in [0, 0.05) is 13.8 Å². The maximum atomic E-state index is 12.1. The maximum Gasteiger partial charge on any atom is 0.342 e. The molecule has 1 N–H and O–H groups in total. The summed E-state index contributed by atoms with van der Waals surface area (Å²) in [5.74, 6) is -1.85. The lowest BCUT2D eigenvalue weighted by Gasteiger charge is -2.30. The molecule has 0 saturated heterocycles. The van der Waals surface area contributed by atoms with Crippen molar-refractivity contribution in [2.75, 3.05) is 0 Å². The van der Waals surface area contributed by atoms with Crippen LogP contribution in [0.4, 0.5) is 0 Å². The number of ether oxygens (including phenoxy) is 3. The molecule has 0 aliphatic heterocycles. The van der Waals surface area contributed by atoms with Crippen LogP contribution in [0.2, 0.25) is 0 Å². The molecule has 0 unspecified atom stereocenters. The van der Waals surface area contributed by atoms with E-state index in [0.29, 0.717) is 5.56 Å². The topological polar surface area (TPSA) is 99.1 Å². The zero-order valence-electron chi connectivity index (χ0n) is 13.7. The Morgan fingerprint density at radius 2 is 1.64 bits per heavy atom. The second-order valence-corrected chi connectivity index (χ2v) is 5.32. The minimum atomic E-state index is -1.16. The fourth-order valence-corrected chi connectivity index (χ4v) is 2.29. The molecule has 0 heterocycles. The second-order valence-electron chi connectivity index (χ2n) is 5.32. The van der Waals surface area contributed by atoms with Crippen LogP contribution in [0.3, 0.4) is 0 Å². The molecule has 1 aromatic rings. The van der Waals surface area contributed by atoms with Crippen LogP contribution in [0.5, 0.6) is 0 Å². The van der Waals surface area contributed by atoms with Crippen molar-refractivity contribution in [3.63, 3.8) is 0 Å². The Bertz CT molecular complexity index is 705. The van der Waals surface area contributed by atoms with Gasteiger partial charge in [-0.15, -0.1) is 0 Å². The summed E-state index contributed by atoms with van der Waals surface area (Å²) in [4.78, 5) is 34.6. The van der Waals surface area contributed by atoms with Crippen LogP contribution in [0.25, 0.3) is 0 Å². The molecule has 132 valence electrons. The number of hydrogen-bond donors (Lipinski definition) is 1. The van der Waals surface area contributed by atoms with Crippen LogP contribution >= 0.6 is 0 Å². The van der Waals surface area contributed by atoms with E-state index in [-0.39, 0.29) is 5.57 Å². The van der Waals surface area contributed by atoms with E-state index < -0.39 is 36.2 Å². The van der Waals surface area contributed by atoms with Gasteiger partial charge in [-0.1, -0.05) is 24.3 Å². The largest absolute Gasteiger partial charge is 0.455 e. The zero-order valence-corrected chi connectivity index (χ0v) is 13.7. The summed E-state index contributed by atoms with van der Waals surface area (Å²) in [6.45, 7) is 2.40. The number of hydrogen-bond acceptors (Lipinski definition) is 7. The molecule has 2 rings (SSSR count). The molecule has 1 aliphatic carbocycles. The average molecular weight is 346 g/mol.